The molecular formula is C11H7F12NO. The molecule has 1 aromatic rings. The van der Waals surface area contributed by atoms with Gasteiger partial charge in [0.05, 0.1) is 5.69 Å². The van der Waals surface area contributed by atoms with E-state index in [2.05, 4.69) is 0 Å². The average molecular weight is 397 g/mol. The zero-order valence-electron chi connectivity index (χ0n) is 11.4. The number of nitrogens with one attached hydrogen (secondary N) is 1. The molecule has 1 unspecified atom stereocenters. The standard InChI is InChI=1S/C11H7F12NO/c12-6(13)8(16,17)10(20,21)11(22,23)9(18,19)7(14,15)5(25)4-2-1-3-24-4/h1-3,5-6,24-25H. The molecule has 1 aromatic heterocycles. The predicted molar refractivity (Wildman–Crippen MR) is 56.5 cm³/mol. The van der Waals surface area contributed by atoms with Gasteiger partial charge in [-0.1, -0.05) is 0 Å². The number of hydrogen-bond donors (Lipinski definition) is 2. The maximum atomic E-state index is 13.5. The van der Waals surface area contributed by atoms with Crippen LogP contribution in [0.25, 0.3) is 0 Å². The Morgan fingerprint density at radius 3 is 1.56 bits per heavy atom. The molecule has 0 aromatic carbocycles. The molecule has 2 nitrogen and oxygen atoms in total. The third-order valence-electron chi connectivity index (χ3n) is 3.16. The predicted octanol–water partition coefficient (Wildman–Crippen LogP) is 4.49. The molecule has 25 heavy (non-hydrogen) atoms. The van der Waals surface area contributed by atoms with Crippen LogP contribution in [0, 0.1) is 0 Å². The van der Waals surface area contributed by atoms with Crippen molar-refractivity contribution in [2.45, 2.75) is 42.1 Å². The molecule has 0 bridgehead atoms. The summed E-state index contributed by atoms with van der Waals surface area (Å²) < 4.78 is 155. The van der Waals surface area contributed by atoms with Gasteiger partial charge in [-0.25, -0.2) is 8.78 Å². The zero-order chi connectivity index (χ0) is 20.1. The highest BCUT2D eigenvalue weighted by Crippen LogP contribution is 2.60. The maximum Gasteiger partial charge on any atom is 0.384 e. The summed E-state index contributed by atoms with van der Waals surface area (Å²) in [6, 6.07) is 1.29. The molecule has 0 spiro atoms. The van der Waals surface area contributed by atoms with E-state index < -0.39 is 47.8 Å². The Balaban J connectivity index is 3.43. The Bertz CT molecular complexity index is 582. The maximum absolute atomic E-state index is 13.5. The van der Waals surface area contributed by atoms with Crippen LogP contribution in [0.15, 0.2) is 18.3 Å². The second-order valence-electron chi connectivity index (χ2n) is 4.80. The SMILES string of the molecule is OC(c1ccc[nH]1)C(F)(F)C(F)(F)C(F)(F)C(F)(F)C(F)(F)C(F)F. The largest absolute Gasteiger partial charge is 0.384 e. The number of aromatic nitrogens is 1. The Morgan fingerprint density at radius 2 is 1.20 bits per heavy atom. The summed E-state index contributed by atoms with van der Waals surface area (Å²) in [5.41, 5.74) is -1.25. The van der Waals surface area contributed by atoms with Gasteiger partial charge >= 0.3 is 36.0 Å². The summed E-state index contributed by atoms with van der Waals surface area (Å²) in [7, 11) is 0. The summed E-state index contributed by atoms with van der Waals surface area (Å²) in [6.45, 7) is 0. The number of hydrogen-bond acceptors (Lipinski definition) is 1. The first kappa shape index (κ1) is 21.4. The van der Waals surface area contributed by atoms with Crippen molar-refractivity contribution in [2.75, 3.05) is 0 Å². The van der Waals surface area contributed by atoms with E-state index in [9.17, 15) is 52.7 Å². The van der Waals surface area contributed by atoms with Gasteiger partial charge in [0, 0.05) is 6.20 Å². The first-order valence-corrected chi connectivity index (χ1v) is 5.94. The second kappa shape index (κ2) is 5.99. The summed E-state index contributed by atoms with van der Waals surface area (Å²) in [6.07, 6.45) is -8.67. The van der Waals surface area contributed by atoms with E-state index in [0.717, 1.165) is 12.3 Å². The summed E-state index contributed by atoms with van der Waals surface area (Å²) in [5, 5.41) is 9.04. The van der Waals surface area contributed by atoms with E-state index in [-0.39, 0.29) is 0 Å². The molecule has 0 fully saturated rings. The second-order valence-corrected chi connectivity index (χ2v) is 4.80. The van der Waals surface area contributed by atoms with Gasteiger partial charge in [0.1, 0.15) is 0 Å². The first-order valence-electron chi connectivity index (χ1n) is 5.94. The highest BCUT2D eigenvalue weighted by atomic mass is 19.4. The van der Waals surface area contributed by atoms with Crippen LogP contribution < -0.4 is 0 Å². The normalized spacial score (nSPS) is 16.4. The third-order valence-corrected chi connectivity index (χ3v) is 3.16. The fraction of sp³-hybridized carbons (Fsp3) is 0.636. The van der Waals surface area contributed by atoms with E-state index in [1.165, 1.54) is 0 Å². The molecule has 0 saturated carbocycles. The average Bonchev–Trinajstić information content (AvgIpc) is 2.99. The van der Waals surface area contributed by atoms with E-state index in [1.54, 1.807) is 4.98 Å². The topological polar surface area (TPSA) is 36.0 Å². The minimum atomic E-state index is -7.66. The third kappa shape index (κ3) is 2.83. The first-order chi connectivity index (χ1) is 11.0. The quantitative estimate of drug-likeness (QED) is 0.654. The molecule has 1 rings (SSSR count). The fourth-order valence-electron chi connectivity index (χ4n) is 1.63. The van der Waals surface area contributed by atoms with Crippen LogP contribution in [0.1, 0.15) is 11.8 Å². The number of aliphatic hydroxyl groups is 1. The minimum absolute atomic E-state index is 0.471. The Morgan fingerprint density at radius 1 is 0.760 bits per heavy atom. The number of aromatic amines is 1. The zero-order valence-corrected chi connectivity index (χ0v) is 11.4. The van der Waals surface area contributed by atoms with Crippen LogP contribution in [0.3, 0.4) is 0 Å². The number of halogens is 12. The molecule has 0 amide bonds. The highest BCUT2D eigenvalue weighted by molar-refractivity contribution is 5.16. The molecular weight excluding hydrogens is 390 g/mol. The molecule has 0 saturated heterocycles. The Hall–Kier alpha value is -1.60. The van der Waals surface area contributed by atoms with Crippen LogP contribution in [0.2, 0.25) is 0 Å². The van der Waals surface area contributed by atoms with E-state index in [4.69, 9.17) is 5.11 Å². The van der Waals surface area contributed by atoms with Crippen molar-refractivity contribution in [3.63, 3.8) is 0 Å². The lowest BCUT2D eigenvalue weighted by atomic mass is 9.91. The van der Waals surface area contributed by atoms with Gasteiger partial charge in [-0.15, -0.1) is 0 Å². The molecule has 0 radical (unpaired) electrons. The Kier molecular flexibility index (Phi) is 5.13. The van der Waals surface area contributed by atoms with Crippen molar-refractivity contribution < 1.29 is 57.8 Å². The number of alkyl halides is 12. The lowest BCUT2D eigenvalue weighted by molar-refractivity contribution is -0.420. The molecule has 0 aliphatic rings. The summed E-state index contributed by atoms with van der Waals surface area (Å²) in [4.78, 5) is 1.69. The van der Waals surface area contributed by atoms with Crippen molar-refractivity contribution >= 4 is 0 Å². The van der Waals surface area contributed by atoms with Crippen LogP contribution >= 0.6 is 0 Å². The molecule has 0 aliphatic heterocycles. The highest BCUT2D eigenvalue weighted by Gasteiger charge is 2.88. The van der Waals surface area contributed by atoms with Gasteiger partial charge < -0.3 is 10.1 Å². The van der Waals surface area contributed by atoms with Gasteiger partial charge in [0.25, 0.3) is 0 Å². The number of H-pyrrole nitrogens is 1. The summed E-state index contributed by atoms with van der Waals surface area (Å²) >= 11 is 0. The lowest BCUT2D eigenvalue weighted by Gasteiger charge is -2.40. The van der Waals surface area contributed by atoms with Crippen LogP contribution in [-0.2, 0) is 0 Å². The summed E-state index contributed by atoms with van der Waals surface area (Å²) in [5.74, 6) is -36.1. The van der Waals surface area contributed by atoms with Gasteiger partial charge in [0.2, 0.25) is 0 Å². The van der Waals surface area contributed by atoms with Gasteiger partial charge in [0.15, 0.2) is 6.10 Å². The van der Waals surface area contributed by atoms with Crippen LogP contribution in [0.4, 0.5) is 52.7 Å². The van der Waals surface area contributed by atoms with E-state index >= 15 is 0 Å². The molecule has 146 valence electrons. The minimum Gasteiger partial charge on any atom is -0.380 e. The van der Waals surface area contributed by atoms with Gasteiger partial charge in [-0.05, 0) is 12.1 Å². The van der Waals surface area contributed by atoms with E-state index in [0.29, 0.717) is 6.07 Å². The van der Waals surface area contributed by atoms with Crippen LogP contribution in [0.5, 0.6) is 0 Å². The van der Waals surface area contributed by atoms with Crippen molar-refractivity contribution in [1.29, 1.82) is 0 Å². The molecule has 14 heteroatoms. The van der Waals surface area contributed by atoms with Gasteiger partial charge in [-0.3, -0.25) is 0 Å². The molecule has 0 aliphatic carbocycles. The lowest BCUT2D eigenvalue weighted by Crippen LogP contribution is -2.69. The van der Waals surface area contributed by atoms with Crippen molar-refractivity contribution in [2.24, 2.45) is 0 Å². The van der Waals surface area contributed by atoms with Gasteiger partial charge in [-0.2, -0.15) is 43.9 Å². The van der Waals surface area contributed by atoms with Crippen molar-refractivity contribution in [1.82, 2.24) is 4.98 Å². The van der Waals surface area contributed by atoms with Crippen LogP contribution in [-0.4, -0.2) is 46.1 Å². The number of aliphatic hydroxyl groups excluding tert-OH is 1. The smallest absolute Gasteiger partial charge is 0.380 e. The molecule has 1 heterocycles. The monoisotopic (exact) mass is 397 g/mol. The number of rotatable bonds is 7. The Labute approximate surface area is 130 Å². The van der Waals surface area contributed by atoms with E-state index in [1.807, 2.05) is 0 Å². The molecule has 1 atom stereocenters. The van der Waals surface area contributed by atoms with Crippen molar-refractivity contribution in [3.05, 3.63) is 24.0 Å². The van der Waals surface area contributed by atoms with Crippen molar-refractivity contribution in [3.8, 4) is 0 Å². The molecule has 2 N–H and O–H groups in total. The fourth-order valence-corrected chi connectivity index (χ4v) is 1.63.